The van der Waals surface area contributed by atoms with Gasteiger partial charge in [0.2, 0.25) is 0 Å². The molecule has 9 heteroatoms. The Morgan fingerprint density at radius 2 is 1.95 bits per heavy atom. The zero-order valence-corrected chi connectivity index (χ0v) is 10.9. The first-order valence-corrected chi connectivity index (χ1v) is 5.79. The average molecular weight is 306 g/mol. The highest BCUT2D eigenvalue weighted by molar-refractivity contribution is 5.95. The van der Waals surface area contributed by atoms with E-state index in [0.717, 1.165) is 12.1 Å². The van der Waals surface area contributed by atoms with Crippen LogP contribution >= 0.6 is 0 Å². The molecule has 0 saturated carbocycles. The monoisotopic (exact) mass is 306 g/mol. The number of aromatic hydroxyl groups is 1. The van der Waals surface area contributed by atoms with E-state index in [0.29, 0.717) is 0 Å². The van der Waals surface area contributed by atoms with E-state index >= 15 is 0 Å². The minimum absolute atomic E-state index is 0.0295. The molecule has 1 atom stereocenters. The molecule has 6 nitrogen and oxygen atoms in total. The Bertz CT molecular complexity index is 546. The Morgan fingerprint density at radius 3 is 2.48 bits per heavy atom. The third kappa shape index (κ3) is 5.59. The van der Waals surface area contributed by atoms with E-state index in [4.69, 9.17) is 5.11 Å². The molecule has 21 heavy (non-hydrogen) atoms. The number of nitrogens with one attached hydrogen (secondary N) is 2. The van der Waals surface area contributed by atoms with E-state index in [1.54, 1.807) is 0 Å². The molecule has 116 valence electrons. The van der Waals surface area contributed by atoms with Crippen molar-refractivity contribution in [2.45, 2.75) is 25.6 Å². The lowest BCUT2D eigenvalue weighted by atomic mass is 10.2. The molecule has 2 amide bonds. The van der Waals surface area contributed by atoms with Crippen molar-refractivity contribution >= 4 is 17.7 Å². The van der Waals surface area contributed by atoms with Gasteiger partial charge in [0.1, 0.15) is 11.3 Å². The Kier molecular flexibility index (Phi) is 5.01. The van der Waals surface area contributed by atoms with Crippen LogP contribution in [0.2, 0.25) is 0 Å². The summed E-state index contributed by atoms with van der Waals surface area (Å²) in [7, 11) is 0. The van der Waals surface area contributed by atoms with E-state index in [2.05, 4.69) is 10.6 Å². The van der Waals surface area contributed by atoms with Crippen LogP contribution in [0.25, 0.3) is 0 Å². The van der Waals surface area contributed by atoms with Gasteiger partial charge in [-0.05, 0) is 25.1 Å². The Hall–Kier alpha value is -2.45. The second kappa shape index (κ2) is 6.33. The fourth-order valence-corrected chi connectivity index (χ4v) is 1.57. The van der Waals surface area contributed by atoms with Crippen LogP contribution in [0.15, 0.2) is 18.2 Å². The highest BCUT2D eigenvalue weighted by atomic mass is 19.4. The third-order valence-electron chi connectivity index (χ3n) is 2.40. The van der Waals surface area contributed by atoms with Gasteiger partial charge in [-0.1, -0.05) is 0 Å². The summed E-state index contributed by atoms with van der Waals surface area (Å²) in [6.45, 7) is 1.19. The van der Waals surface area contributed by atoms with Crippen LogP contribution in [0, 0.1) is 0 Å². The van der Waals surface area contributed by atoms with Crippen molar-refractivity contribution in [3.05, 3.63) is 23.8 Å². The van der Waals surface area contributed by atoms with E-state index in [-0.39, 0.29) is 5.69 Å². The van der Waals surface area contributed by atoms with Crippen molar-refractivity contribution < 1.29 is 33.0 Å². The number of carbonyl (C=O) groups excluding carboxylic acids is 1. The van der Waals surface area contributed by atoms with Crippen LogP contribution in [0.1, 0.15) is 23.7 Å². The van der Waals surface area contributed by atoms with Gasteiger partial charge in [0.25, 0.3) is 0 Å². The quantitative estimate of drug-likeness (QED) is 0.642. The molecule has 4 N–H and O–H groups in total. The highest BCUT2D eigenvalue weighted by Gasteiger charge is 2.30. The van der Waals surface area contributed by atoms with Crippen molar-refractivity contribution in [2.24, 2.45) is 0 Å². The van der Waals surface area contributed by atoms with Crippen LogP contribution < -0.4 is 10.6 Å². The van der Waals surface area contributed by atoms with Crippen LogP contribution in [-0.4, -0.2) is 34.4 Å². The van der Waals surface area contributed by atoms with Gasteiger partial charge < -0.3 is 20.8 Å². The number of carboxylic acids is 1. The molecule has 0 saturated heterocycles. The first-order chi connectivity index (χ1) is 9.58. The second-order valence-corrected chi connectivity index (χ2v) is 4.36. The van der Waals surface area contributed by atoms with Gasteiger partial charge in [-0.3, -0.25) is 0 Å². The van der Waals surface area contributed by atoms with E-state index in [9.17, 15) is 27.9 Å². The predicted molar refractivity (Wildman–Crippen MR) is 67.4 cm³/mol. The number of rotatable bonds is 4. The van der Waals surface area contributed by atoms with E-state index < -0.39 is 42.0 Å². The molecule has 1 rings (SSSR count). The molecule has 0 aromatic heterocycles. The first kappa shape index (κ1) is 16.6. The van der Waals surface area contributed by atoms with Crippen molar-refractivity contribution in [3.63, 3.8) is 0 Å². The average Bonchev–Trinajstić information content (AvgIpc) is 2.28. The lowest BCUT2D eigenvalue weighted by Crippen LogP contribution is -2.38. The van der Waals surface area contributed by atoms with Crippen molar-refractivity contribution in [1.82, 2.24) is 5.32 Å². The number of carbonyl (C=O) groups is 2. The van der Waals surface area contributed by atoms with Gasteiger partial charge in [-0.15, -0.1) is 0 Å². The van der Waals surface area contributed by atoms with Gasteiger partial charge in [0, 0.05) is 11.7 Å². The molecule has 0 aliphatic carbocycles. The standard InChI is InChI=1S/C12H13F3N2O4/c1-6(5-12(13,14)15)16-11(21)17-7-2-3-9(18)8(4-7)10(19)20/h2-4,6,18H,5H2,1H3,(H,19,20)(H2,16,17,21). The number of hydrogen-bond donors (Lipinski definition) is 4. The number of anilines is 1. The molecule has 0 spiro atoms. The molecule has 0 aliphatic rings. The number of phenols is 1. The zero-order valence-electron chi connectivity index (χ0n) is 10.9. The molecule has 1 aromatic carbocycles. The molecule has 0 fully saturated rings. The smallest absolute Gasteiger partial charge is 0.391 e. The normalized spacial score (nSPS) is 12.6. The van der Waals surface area contributed by atoms with Crippen molar-refractivity contribution in [3.8, 4) is 5.75 Å². The fraction of sp³-hybridized carbons (Fsp3) is 0.333. The minimum Gasteiger partial charge on any atom is -0.507 e. The topological polar surface area (TPSA) is 98.7 Å². The lowest BCUT2D eigenvalue weighted by Gasteiger charge is -2.16. The zero-order chi connectivity index (χ0) is 16.2. The lowest BCUT2D eigenvalue weighted by molar-refractivity contribution is -0.138. The Morgan fingerprint density at radius 1 is 1.33 bits per heavy atom. The summed E-state index contributed by atoms with van der Waals surface area (Å²) in [5, 5.41) is 22.3. The number of alkyl halides is 3. The van der Waals surface area contributed by atoms with Gasteiger partial charge in [-0.2, -0.15) is 13.2 Å². The third-order valence-corrected chi connectivity index (χ3v) is 2.40. The van der Waals surface area contributed by atoms with Crippen molar-refractivity contribution in [2.75, 3.05) is 5.32 Å². The number of urea groups is 1. The SMILES string of the molecule is CC(CC(F)(F)F)NC(=O)Nc1ccc(O)c(C(=O)O)c1. The number of benzene rings is 1. The number of carboxylic acid groups (broad SMARTS) is 1. The fourth-order valence-electron chi connectivity index (χ4n) is 1.57. The molecule has 1 unspecified atom stereocenters. The van der Waals surface area contributed by atoms with Gasteiger partial charge in [-0.25, -0.2) is 9.59 Å². The molecule has 0 aliphatic heterocycles. The maximum absolute atomic E-state index is 12.1. The summed E-state index contributed by atoms with van der Waals surface area (Å²) < 4.78 is 36.3. The van der Waals surface area contributed by atoms with Crippen LogP contribution in [0.5, 0.6) is 5.75 Å². The maximum Gasteiger partial charge on any atom is 0.391 e. The predicted octanol–water partition coefficient (Wildman–Crippen LogP) is 2.55. The maximum atomic E-state index is 12.1. The number of halogens is 3. The Balaban J connectivity index is 2.67. The molecular weight excluding hydrogens is 293 g/mol. The molecular formula is C12H13F3N2O4. The van der Waals surface area contributed by atoms with E-state index in [1.807, 2.05) is 0 Å². The second-order valence-electron chi connectivity index (χ2n) is 4.36. The number of hydrogen-bond acceptors (Lipinski definition) is 3. The molecule has 1 aromatic rings. The Labute approximate surface area is 117 Å². The van der Waals surface area contributed by atoms with Crippen molar-refractivity contribution in [1.29, 1.82) is 0 Å². The van der Waals surface area contributed by atoms with E-state index in [1.165, 1.54) is 13.0 Å². The van der Waals surface area contributed by atoms with Gasteiger partial charge in [0.05, 0.1) is 6.42 Å². The first-order valence-electron chi connectivity index (χ1n) is 5.79. The largest absolute Gasteiger partial charge is 0.507 e. The summed E-state index contributed by atoms with van der Waals surface area (Å²) in [5.74, 6) is -1.89. The molecule has 0 radical (unpaired) electrons. The summed E-state index contributed by atoms with van der Waals surface area (Å²) >= 11 is 0. The van der Waals surface area contributed by atoms with Gasteiger partial charge in [0.15, 0.2) is 0 Å². The summed E-state index contributed by atoms with van der Waals surface area (Å²) in [4.78, 5) is 22.3. The number of aromatic carboxylic acids is 1. The van der Waals surface area contributed by atoms with Crippen LogP contribution in [-0.2, 0) is 0 Å². The highest BCUT2D eigenvalue weighted by Crippen LogP contribution is 2.22. The van der Waals surface area contributed by atoms with Gasteiger partial charge >= 0.3 is 18.2 Å². The molecule has 0 bridgehead atoms. The minimum atomic E-state index is -4.40. The summed E-state index contributed by atoms with van der Waals surface area (Å²) in [5.41, 5.74) is -0.405. The number of amides is 2. The summed E-state index contributed by atoms with van der Waals surface area (Å²) in [6, 6.07) is 1.22. The van der Waals surface area contributed by atoms with Crippen LogP contribution in [0.3, 0.4) is 0 Å². The molecule has 0 heterocycles. The summed E-state index contributed by atoms with van der Waals surface area (Å²) in [6.07, 6.45) is -5.59. The van der Waals surface area contributed by atoms with Crippen LogP contribution in [0.4, 0.5) is 23.7 Å².